The largest absolute Gasteiger partial charge is 0.444 e. The lowest BCUT2D eigenvalue weighted by atomic mass is 10.1. The molecule has 128 valence electrons. The van der Waals surface area contributed by atoms with E-state index in [0.29, 0.717) is 25.4 Å². The predicted molar refractivity (Wildman–Crippen MR) is 85.6 cm³/mol. The van der Waals surface area contributed by atoms with Crippen molar-refractivity contribution in [2.75, 3.05) is 25.4 Å². The number of sulfone groups is 1. The zero-order chi connectivity index (χ0) is 16.4. The number of piperidine rings is 1. The Labute approximate surface area is 133 Å². The van der Waals surface area contributed by atoms with Crippen LogP contribution in [0.3, 0.4) is 0 Å². The molecule has 0 aromatic rings. The Hall–Kier alpha value is -0.820. The number of carbonyl (C=O) groups excluding carboxylic acids is 1. The van der Waals surface area contributed by atoms with E-state index in [4.69, 9.17) is 4.74 Å². The highest BCUT2D eigenvalue weighted by Crippen LogP contribution is 2.20. The van der Waals surface area contributed by atoms with E-state index in [1.165, 1.54) is 0 Å². The molecule has 2 saturated heterocycles. The van der Waals surface area contributed by atoms with E-state index in [1.807, 2.05) is 20.8 Å². The molecule has 2 aliphatic heterocycles. The highest BCUT2D eigenvalue weighted by Gasteiger charge is 2.32. The topological polar surface area (TPSA) is 75.7 Å². The number of nitrogens with zero attached hydrogens (tertiary/aromatic N) is 1. The van der Waals surface area contributed by atoms with Gasteiger partial charge in [-0.25, -0.2) is 13.2 Å². The average molecular weight is 332 g/mol. The molecule has 1 unspecified atom stereocenters. The van der Waals surface area contributed by atoms with Crippen molar-refractivity contribution in [3.05, 3.63) is 0 Å². The number of likely N-dealkylation sites (tertiary alicyclic amines) is 1. The fourth-order valence-corrected chi connectivity index (χ4v) is 4.76. The summed E-state index contributed by atoms with van der Waals surface area (Å²) in [6, 6.07) is 0.287. The normalized spacial score (nSPS) is 26.1. The Balaban J connectivity index is 1.72. The predicted octanol–water partition coefficient (Wildman–Crippen LogP) is 1.55. The molecule has 0 bridgehead atoms. The van der Waals surface area contributed by atoms with Gasteiger partial charge in [-0.2, -0.15) is 0 Å². The molecular formula is C15H28N2O4S. The monoisotopic (exact) mass is 332 g/mol. The SMILES string of the molecule is CC(C)(C)OC(=O)N1CCC(NCC2CCCS2(=O)=O)CC1. The molecule has 1 atom stereocenters. The summed E-state index contributed by atoms with van der Waals surface area (Å²) in [5.41, 5.74) is -0.469. The second-order valence-electron chi connectivity index (χ2n) is 7.28. The van der Waals surface area contributed by atoms with Crippen molar-refractivity contribution in [1.29, 1.82) is 0 Å². The van der Waals surface area contributed by atoms with Gasteiger partial charge in [-0.3, -0.25) is 0 Å². The van der Waals surface area contributed by atoms with Gasteiger partial charge < -0.3 is 15.0 Å². The van der Waals surface area contributed by atoms with Gasteiger partial charge in [-0.05, 0) is 46.5 Å². The minimum Gasteiger partial charge on any atom is -0.444 e. The molecule has 0 aromatic heterocycles. The van der Waals surface area contributed by atoms with Gasteiger partial charge in [0, 0.05) is 25.7 Å². The summed E-state index contributed by atoms with van der Waals surface area (Å²) in [5.74, 6) is 0.330. The van der Waals surface area contributed by atoms with Crippen molar-refractivity contribution < 1.29 is 17.9 Å². The molecule has 0 aromatic carbocycles. The van der Waals surface area contributed by atoms with Crippen LogP contribution in [0.5, 0.6) is 0 Å². The molecule has 0 aliphatic carbocycles. The van der Waals surface area contributed by atoms with Crippen LogP contribution in [0, 0.1) is 0 Å². The van der Waals surface area contributed by atoms with E-state index < -0.39 is 15.4 Å². The Morgan fingerprint density at radius 2 is 1.86 bits per heavy atom. The summed E-state index contributed by atoms with van der Waals surface area (Å²) in [6.45, 7) is 7.44. The third kappa shape index (κ3) is 4.84. The first-order chi connectivity index (χ1) is 10.2. The second kappa shape index (κ2) is 6.74. The smallest absolute Gasteiger partial charge is 0.410 e. The first-order valence-corrected chi connectivity index (χ1v) is 9.82. The van der Waals surface area contributed by atoms with Gasteiger partial charge in [0.2, 0.25) is 0 Å². The van der Waals surface area contributed by atoms with Gasteiger partial charge in [-0.1, -0.05) is 0 Å². The third-order valence-corrected chi connectivity index (χ3v) is 6.52. The molecule has 22 heavy (non-hydrogen) atoms. The zero-order valence-electron chi connectivity index (χ0n) is 13.8. The summed E-state index contributed by atoms with van der Waals surface area (Å²) in [7, 11) is -2.88. The van der Waals surface area contributed by atoms with Crippen LogP contribution in [-0.4, -0.2) is 61.7 Å². The van der Waals surface area contributed by atoms with Crippen molar-refractivity contribution in [2.24, 2.45) is 0 Å². The first-order valence-electron chi connectivity index (χ1n) is 8.10. The quantitative estimate of drug-likeness (QED) is 0.849. The number of amides is 1. The number of nitrogens with one attached hydrogen (secondary N) is 1. The van der Waals surface area contributed by atoms with Crippen LogP contribution in [0.4, 0.5) is 4.79 Å². The van der Waals surface area contributed by atoms with Crippen molar-refractivity contribution >= 4 is 15.9 Å². The third-order valence-electron chi connectivity index (χ3n) is 4.24. The summed E-state index contributed by atoms with van der Waals surface area (Å²) >= 11 is 0. The number of hydrogen-bond acceptors (Lipinski definition) is 5. The lowest BCUT2D eigenvalue weighted by Crippen LogP contribution is -2.48. The molecule has 2 rings (SSSR count). The van der Waals surface area contributed by atoms with Crippen molar-refractivity contribution in [2.45, 2.75) is 63.3 Å². The van der Waals surface area contributed by atoms with Gasteiger partial charge in [0.1, 0.15) is 5.60 Å². The lowest BCUT2D eigenvalue weighted by Gasteiger charge is -2.34. The van der Waals surface area contributed by atoms with E-state index in [1.54, 1.807) is 4.90 Å². The molecule has 2 fully saturated rings. The van der Waals surface area contributed by atoms with Crippen molar-refractivity contribution in [1.82, 2.24) is 10.2 Å². The van der Waals surface area contributed by atoms with E-state index in [2.05, 4.69) is 5.32 Å². The van der Waals surface area contributed by atoms with E-state index in [-0.39, 0.29) is 17.4 Å². The molecule has 0 spiro atoms. The van der Waals surface area contributed by atoms with Crippen molar-refractivity contribution in [3.63, 3.8) is 0 Å². The van der Waals surface area contributed by atoms with Gasteiger partial charge in [-0.15, -0.1) is 0 Å². The molecule has 1 amide bonds. The molecule has 0 radical (unpaired) electrons. The molecule has 6 nitrogen and oxygen atoms in total. The Kier molecular flexibility index (Phi) is 5.37. The number of carbonyl (C=O) groups is 1. The summed E-state index contributed by atoms with van der Waals surface area (Å²) < 4.78 is 29.0. The molecular weight excluding hydrogens is 304 g/mol. The average Bonchev–Trinajstić information content (AvgIpc) is 2.74. The van der Waals surface area contributed by atoms with E-state index in [0.717, 1.165) is 25.7 Å². The molecule has 0 saturated carbocycles. The summed E-state index contributed by atoms with van der Waals surface area (Å²) in [4.78, 5) is 13.7. The van der Waals surface area contributed by atoms with Crippen molar-refractivity contribution in [3.8, 4) is 0 Å². The Morgan fingerprint density at radius 1 is 1.23 bits per heavy atom. The highest BCUT2D eigenvalue weighted by atomic mass is 32.2. The minimum absolute atomic E-state index is 0.226. The van der Waals surface area contributed by atoms with Crippen LogP contribution in [0.25, 0.3) is 0 Å². The van der Waals surface area contributed by atoms with Gasteiger partial charge in [0.25, 0.3) is 0 Å². The number of rotatable bonds is 3. The maximum Gasteiger partial charge on any atom is 0.410 e. The molecule has 1 N–H and O–H groups in total. The van der Waals surface area contributed by atoms with Gasteiger partial charge >= 0.3 is 6.09 Å². The zero-order valence-corrected chi connectivity index (χ0v) is 14.6. The number of hydrogen-bond donors (Lipinski definition) is 1. The fourth-order valence-electron chi connectivity index (χ4n) is 2.98. The molecule has 7 heteroatoms. The molecule has 2 heterocycles. The van der Waals surface area contributed by atoms with E-state index in [9.17, 15) is 13.2 Å². The van der Waals surface area contributed by atoms with E-state index >= 15 is 0 Å². The van der Waals surface area contributed by atoms with Gasteiger partial charge in [0.05, 0.1) is 11.0 Å². The van der Waals surface area contributed by atoms with Crippen LogP contribution < -0.4 is 5.32 Å². The molecule has 2 aliphatic rings. The second-order valence-corrected chi connectivity index (χ2v) is 9.68. The lowest BCUT2D eigenvalue weighted by molar-refractivity contribution is 0.0198. The summed E-state index contributed by atoms with van der Waals surface area (Å²) in [5, 5.41) is 3.14. The summed E-state index contributed by atoms with van der Waals surface area (Å²) in [6.07, 6.45) is 2.97. The van der Waals surface area contributed by atoms with Crippen LogP contribution in [0.15, 0.2) is 0 Å². The first kappa shape index (κ1) is 17.5. The maximum absolute atomic E-state index is 12.0. The highest BCUT2D eigenvalue weighted by molar-refractivity contribution is 7.92. The number of ether oxygens (including phenoxy) is 1. The van der Waals surface area contributed by atoms with Crippen LogP contribution in [-0.2, 0) is 14.6 Å². The minimum atomic E-state index is -2.88. The van der Waals surface area contributed by atoms with Crippen LogP contribution in [0.2, 0.25) is 0 Å². The fraction of sp³-hybridized carbons (Fsp3) is 0.933. The standard InChI is InChI=1S/C15H28N2O4S/c1-15(2,3)21-14(18)17-8-6-12(7-9-17)16-11-13-5-4-10-22(13,19)20/h12-13,16H,4-11H2,1-3H3. The Bertz CT molecular complexity index is 490. The van der Waals surface area contributed by atoms with Gasteiger partial charge in [0.15, 0.2) is 9.84 Å². The van der Waals surface area contributed by atoms with Crippen LogP contribution >= 0.6 is 0 Å². The van der Waals surface area contributed by atoms with Crippen LogP contribution in [0.1, 0.15) is 46.5 Å². The maximum atomic E-state index is 12.0. The Morgan fingerprint density at radius 3 is 2.36 bits per heavy atom.